The van der Waals surface area contributed by atoms with Gasteiger partial charge in [-0.05, 0) is 49.2 Å². The highest BCUT2D eigenvalue weighted by Gasteiger charge is 2.24. The molecule has 1 saturated heterocycles. The Morgan fingerprint density at radius 3 is 2.71 bits per heavy atom. The highest BCUT2D eigenvalue weighted by Crippen LogP contribution is 2.39. The minimum absolute atomic E-state index is 0.164. The lowest BCUT2D eigenvalue weighted by atomic mass is 10.0. The number of anilines is 1. The lowest BCUT2D eigenvalue weighted by Crippen LogP contribution is -2.22. The van der Waals surface area contributed by atoms with Crippen LogP contribution in [0.1, 0.15) is 22.6 Å². The van der Waals surface area contributed by atoms with E-state index in [2.05, 4.69) is 14.8 Å². The Morgan fingerprint density at radius 2 is 2.03 bits per heavy atom. The van der Waals surface area contributed by atoms with Crippen LogP contribution in [0.15, 0.2) is 53.1 Å². The molecule has 0 saturated carbocycles. The molecule has 5 rings (SSSR count). The Kier molecular flexibility index (Phi) is 5.69. The van der Waals surface area contributed by atoms with Gasteiger partial charge in [0.25, 0.3) is 5.91 Å². The molecular weight excluding hydrogens is 445 g/mol. The molecule has 1 aliphatic rings. The number of nitrogens with zero attached hydrogens (tertiary/aromatic N) is 5. The smallest absolute Gasteiger partial charge is 0.271 e. The van der Waals surface area contributed by atoms with Crippen molar-refractivity contribution in [3.05, 3.63) is 71.5 Å². The van der Waals surface area contributed by atoms with Gasteiger partial charge in [-0.25, -0.2) is 14.2 Å². The summed E-state index contributed by atoms with van der Waals surface area (Å²) in [6.45, 7) is 10.4. The van der Waals surface area contributed by atoms with Crippen molar-refractivity contribution < 1.29 is 13.6 Å². The number of furan rings is 1. The molecule has 1 atom stereocenters. The van der Waals surface area contributed by atoms with Crippen LogP contribution < -0.4 is 4.90 Å². The van der Waals surface area contributed by atoms with E-state index < -0.39 is 6.17 Å². The number of hydrogen-bond acceptors (Lipinski definition) is 5. The summed E-state index contributed by atoms with van der Waals surface area (Å²) in [6.07, 6.45) is 1.33. The van der Waals surface area contributed by atoms with Gasteiger partial charge in [-0.1, -0.05) is 6.07 Å². The van der Waals surface area contributed by atoms with Crippen molar-refractivity contribution in [3.8, 4) is 22.5 Å². The molecule has 7 nitrogen and oxygen atoms in total. The quantitative estimate of drug-likeness (QED) is 0.361. The van der Waals surface area contributed by atoms with Crippen molar-refractivity contribution >= 4 is 28.4 Å². The number of hydrogen-bond donors (Lipinski definition) is 0. The van der Waals surface area contributed by atoms with Crippen LogP contribution >= 0.6 is 0 Å². The van der Waals surface area contributed by atoms with E-state index in [9.17, 15) is 9.18 Å². The molecule has 0 radical (unpaired) electrons. The molecule has 0 spiro atoms. The van der Waals surface area contributed by atoms with E-state index >= 15 is 0 Å². The largest absolute Gasteiger partial charge is 0.454 e. The molecule has 3 aromatic heterocycles. The van der Waals surface area contributed by atoms with Gasteiger partial charge < -0.3 is 14.2 Å². The molecule has 4 heterocycles. The predicted octanol–water partition coefficient (Wildman–Crippen LogP) is 5.67. The van der Waals surface area contributed by atoms with Gasteiger partial charge in [0, 0.05) is 62.0 Å². The highest BCUT2D eigenvalue weighted by atomic mass is 19.1. The Labute approximate surface area is 202 Å². The topological polar surface area (TPSA) is 66.8 Å². The van der Waals surface area contributed by atoms with Gasteiger partial charge in [-0.3, -0.25) is 9.78 Å². The molecule has 35 heavy (non-hydrogen) atoms. The fourth-order valence-electron chi connectivity index (χ4n) is 4.45. The van der Waals surface area contributed by atoms with Crippen molar-refractivity contribution in [1.82, 2.24) is 14.9 Å². The minimum Gasteiger partial charge on any atom is -0.454 e. The standard InChI is InChI=1S/C27H24FN5O2/c1-16-19(6-7-21(31-16)27(34)32(3)4)25-14-23-26(35-25)20(9-11-30-23)17-5-8-24(22(13-17)29-2)33-12-10-18(28)15-33/h5-9,11,13-14,18H,10,12,15H2,1,3-4H3/t18-/m0/s1. The van der Waals surface area contributed by atoms with Crippen LogP contribution in [0.25, 0.3) is 38.4 Å². The number of carbonyl (C=O) groups is 1. The van der Waals surface area contributed by atoms with Crippen LogP contribution in [-0.4, -0.2) is 54.1 Å². The Morgan fingerprint density at radius 1 is 1.20 bits per heavy atom. The Bertz CT molecular complexity index is 1490. The highest BCUT2D eigenvalue weighted by molar-refractivity contribution is 5.95. The summed E-state index contributed by atoms with van der Waals surface area (Å²) in [5.74, 6) is 0.435. The van der Waals surface area contributed by atoms with Crippen LogP contribution in [0, 0.1) is 13.5 Å². The monoisotopic (exact) mass is 469 g/mol. The van der Waals surface area contributed by atoms with Gasteiger partial charge in [-0.2, -0.15) is 0 Å². The van der Waals surface area contributed by atoms with Gasteiger partial charge in [0.05, 0.1) is 6.57 Å². The summed E-state index contributed by atoms with van der Waals surface area (Å²) in [6, 6.07) is 12.9. The number of aryl methyl sites for hydroxylation is 1. The third-order valence-electron chi connectivity index (χ3n) is 6.27. The summed E-state index contributed by atoms with van der Waals surface area (Å²) in [7, 11) is 3.38. The van der Waals surface area contributed by atoms with Crippen LogP contribution in [0.3, 0.4) is 0 Å². The average Bonchev–Trinajstić information content (AvgIpc) is 3.49. The second-order valence-corrected chi connectivity index (χ2v) is 8.86. The molecule has 4 aromatic rings. The maximum Gasteiger partial charge on any atom is 0.271 e. The van der Waals surface area contributed by atoms with Crippen molar-refractivity contribution in [1.29, 1.82) is 0 Å². The maximum atomic E-state index is 13.7. The summed E-state index contributed by atoms with van der Waals surface area (Å²) < 4.78 is 20.0. The van der Waals surface area contributed by atoms with Crippen molar-refractivity contribution in [2.45, 2.75) is 19.5 Å². The lowest BCUT2D eigenvalue weighted by molar-refractivity contribution is 0.0822. The Balaban J connectivity index is 1.54. The molecule has 1 fully saturated rings. The average molecular weight is 470 g/mol. The lowest BCUT2D eigenvalue weighted by Gasteiger charge is -2.20. The second-order valence-electron chi connectivity index (χ2n) is 8.86. The summed E-state index contributed by atoms with van der Waals surface area (Å²) >= 11 is 0. The van der Waals surface area contributed by atoms with Gasteiger partial charge in [-0.15, -0.1) is 0 Å². The van der Waals surface area contributed by atoms with Gasteiger partial charge >= 0.3 is 0 Å². The summed E-state index contributed by atoms with van der Waals surface area (Å²) in [4.78, 5) is 28.3. The fourth-order valence-corrected chi connectivity index (χ4v) is 4.45. The van der Waals surface area contributed by atoms with E-state index in [0.717, 1.165) is 22.4 Å². The first-order valence-electron chi connectivity index (χ1n) is 11.3. The third kappa shape index (κ3) is 4.10. The van der Waals surface area contributed by atoms with Crippen molar-refractivity contribution in [3.63, 3.8) is 0 Å². The van der Waals surface area contributed by atoms with E-state index in [1.807, 2.05) is 48.2 Å². The zero-order valence-electron chi connectivity index (χ0n) is 19.7. The van der Waals surface area contributed by atoms with Crippen LogP contribution in [0.4, 0.5) is 15.8 Å². The van der Waals surface area contributed by atoms with E-state index in [1.54, 1.807) is 26.4 Å². The van der Waals surface area contributed by atoms with Gasteiger partial charge in [0.2, 0.25) is 5.69 Å². The molecule has 0 aliphatic carbocycles. The predicted molar refractivity (Wildman–Crippen MR) is 133 cm³/mol. The molecule has 1 aliphatic heterocycles. The van der Waals surface area contributed by atoms with E-state index in [0.29, 0.717) is 53.4 Å². The summed E-state index contributed by atoms with van der Waals surface area (Å²) in [5.41, 5.74) is 5.97. The number of benzene rings is 1. The molecule has 1 amide bonds. The third-order valence-corrected chi connectivity index (χ3v) is 6.27. The van der Waals surface area contributed by atoms with Gasteiger partial charge in [0.15, 0.2) is 5.58 Å². The first kappa shape index (κ1) is 22.5. The van der Waals surface area contributed by atoms with Gasteiger partial charge in [0.1, 0.15) is 23.1 Å². The number of alkyl halides is 1. The first-order chi connectivity index (χ1) is 16.9. The van der Waals surface area contributed by atoms with Crippen LogP contribution in [0.2, 0.25) is 0 Å². The molecule has 0 bridgehead atoms. The molecule has 0 unspecified atom stereocenters. The zero-order valence-corrected chi connectivity index (χ0v) is 19.7. The number of halogens is 1. The zero-order chi connectivity index (χ0) is 24.7. The first-order valence-corrected chi connectivity index (χ1v) is 11.3. The maximum absolute atomic E-state index is 13.7. The minimum atomic E-state index is -0.859. The van der Waals surface area contributed by atoms with Crippen molar-refractivity contribution in [2.24, 2.45) is 0 Å². The fraction of sp³-hybridized carbons (Fsp3) is 0.259. The SMILES string of the molecule is [C-]#[N+]c1cc(-c2ccnc3cc(-c4ccc(C(=O)N(C)C)nc4C)oc23)ccc1N1CC[C@H](F)C1. The van der Waals surface area contributed by atoms with Crippen molar-refractivity contribution in [2.75, 3.05) is 32.1 Å². The van der Waals surface area contributed by atoms with E-state index in [4.69, 9.17) is 11.0 Å². The summed E-state index contributed by atoms with van der Waals surface area (Å²) in [5, 5.41) is 0. The molecule has 176 valence electrons. The number of carbonyl (C=O) groups excluding carboxylic acids is 1. The number of amides is 1. The molecule has 1 aromatic carbocycles. The number of aromatic nitrogens is 2. The molecule has 8 heteroatoms. The Hall–Kier alpha value is -4.25. The van der Waals surface area contributed by atoms with Crippen LogP contribution in [0.5, 0.6) is 0 Å². The number of pyridine rings is 2. The van der Waals surface area contributed by atoms with Crippen LogP contribution in [-0.2, 0) is 0 Å². The van der Waals surface area contributed by atoms with E-state index in [-0.39, 0.29) is 5.91 Å². The van der Waals surface area contributed by atoms with E-state index in [1.165, 1.54) is 4.90 Å². The second kappa shape index (κ2) is 8.84. The normalized spacial score (nSPS) is 15.4. The number of rotatable bonds is 4. The number of fused-ring (bicyclic) bond motifs is 1. The molecular formula is C27H24FN5O2. The molecule has 0 N–H and O–H groups in total.